The van der Waals surface area contributed by atoms with E-state index in [1.807, 2.05) is 31.2 Å². The highest BCUT2D eigenvalue weighted by Crippen LogP contribution is 2.30. The molecule has 1 aliphatic heterocycles. The second-order valence-corrected chi connectivity index (χ2v) is 11.0. The molecule has 0 bridgehead atoms. The van der Waals surface area contributed by atoms with Gasteiger partial charge in [0.2, 0.25) is 15.9 Å². The average molecular weight is 462 g/mol. The lowest BCUT2D eigenvalue weighted by Gasteiger charge is -2.17. The highest BCUT2D eigenvalue weighted by molar-refractivity contribution is 8.14. The molecule has 2 aromatic rings. The van der Waals surface area contributed by atoms with Gasteiger partial charge in [0.25, 0.3) is 0 Å². The summed E-state index contributed by atoms with van der Waals surface area (Å²) in [6.07, 6.45) is 0.907. The molecular formula is C22H27N3O4S2. The lowest BCUT2D eigenvalue weighted by Crippen LogP contribution is -2.32. The quantitative estimate of drug-likeness (QED) is 0.630. The number of thioether (sulfide) groups is 1. The zero-order valence-electron chi connectivity index (χ0n) is 18.1. The topological polar surface area (TPSA) is 79.3 Å². The first-order valence-electron chi connectivity index (χ1n) is 9.92. The number of carbonyl (C=O) groups is 1. The van der Waals surface area contributed by atoms with Crippen molar-refractivity contribution in [3.63, 3.8) is 0 Å². The Morgan fingerprint density at radius 1 is 1.23 bits per heavy atom. The maximum Gasteiger partial charge on any atom is 0.242 e. The first-order chi connectivity index (χ1) is 14.7. The number of hydrogen-bond donors (Lipinski definition) is 0. The number of para-hydroxylation sites is 1. The van der Waals surface area contributed by atoms with E-state index in [4.69, 9.17) is 4.74 Å². The van der Waals surface area contributed by atoms with E-state index >= 15 is 0 Å². The molecule has 2 aromatic carbocycles. The van der Waals surface area contributed by atoms with Gasteiger partial charge >= 0.3 is 0 Å². The van der Waals surface area contributed by atoms with Crippen molar-refractivity contribution in [3.05, 3.63) is 54.1 Å². The van der Waals surface area contributed by atoms with Crippen molar-refractivity contribution in [1.82, 2.24) is 9.21 Å². The second kappa shape index (κ2) is 9.84. The van der Waals surface area contributed by atoms with Crippen molar-refractivity contribution >= 4 is 38.5 Å². The van der Waals surface area contributed by atoms with Gasteiger partial charge < -0.3 is 4.74 Å². The maximum absolute atomic E-state index is 13.0. The molecule has 0 radical (unpaired) electrons. The molecule has 0 aliphatic carbocycles. The molecule has 7 nitrogen and oxygen atoms in total. The van der Waals surface area contributed by atoms with Crippen molar-refractivity contribution in [2.45, 2.75) is 29.9 Å². The Balaban J connectivity index is 1.79. The number of ether oxygens (including phenoxy) is 1. The van der Waals surface area contributed by atoms with E-state index in [0.717, 1.165) is 11.3 Å². The minimum Gasteiger partial charge on any atom is -0.496 e. The van der Waals surface area contributed by atoms with Gasteiger partial charge in [0, 0.05) is 32.3 Å². The summed E-state index contributed by atoms with van der Waals surface area (Å²) in [5.41, 5.74) is 1.49. The fraction of sp³-hybridized carbons (Fsp3) is 0.364. The number of carbonyl (C=O) groups excluding carboxylic acids is 1. The van der Waals surface area contributed by atoms with E-state index in [1.165, 1.54) is 36.2 Å². The van der Waals surface area contributed by atoms with Crippen molar-refractivity contribution in [2.24, 2.45) is 4.99 Å². The Bertz CT molecular complexity index is 1080. The van der Waals surface area contributed by atoms with Crippen molar-refractivity contribution in [1.29, 1.82) is 0 Å². The van der Waals surface area contributed by atoms with Crippen LogP contribution in [-0.2, 0) is 21.2 Å². The van der Waals surface area contributed by atoms with E-state index < -0.39 is 10.0 Å². The van der Waals surface area contributed by atoms with Crippen molar-refractivity contribution in [2.75, 3.05) is 27.7 Å². The largest absolute Gasteiger partial charge is 0.496 e. The average Bonchev–Trinajstić information content (AvgIpc) is 3.12. The lowest BCUT2D eigenvalue weighted by molar-refractivity contribution is -0.127. The number of sulfonamides is 1. The Hall–Kier alpha value is -2.36. The van der Waals surface area contributed by atoms with Crippen molar-refractivity contribution in [3.8, 4) is 5.75 Å². The summed E-state index contributed by atoms with van der Waals surface area (Å²) >= 11 is 1.52. The van der Waals surface area contributed by atoms with Gasteiger partial charge in [0.1, 0.15) is 5.75 Å². The Morgan fingerprint density at radius 3 is 2.68 bits per heavy atom. The number of aliphatic imine (C=N–C) groups is 1. The summed E-state index contributed by atoms with van der Waals surface area (Å²) in [7, 11) is 1.05. The normalized spacial score (nSPS) is 18.0. The molecule has 0 N–H and O–H groups in total. The van der Waals surface area contributed by atoms with Crippen LogP contribution in [0.3, 0.4) is 0 Å². The molecule has 9 heteroatoms. The molecule has 1 fully saturated rings. The van der Waals surface area contributed by atoms with Gasteiger partial charge in [-0.05, 0) is 36.2 Å². The molecule has 1 amide bonds. The summed E-state index contributed by atoms with van der Waals surface area (Å²) in [6, 6.07) is 14.1. The molecule has 1 heterocycles. The zero-order chi connectivity index (χ0) is 22.6. The van der Waals surface area contributed by atoms with Gasteiger partial charge in [0.15, 0.2) is 5.17 Å². The van der Waals surface area contributed by atoms with Crippen molar-refractivity contribution < 1.29 is 17.9 Å². The monoisotopic (exact) mass is 461 g/mol. The Kier molecular flexibility index (Phi) is 7.40. The summed E-state index contributed by atoms with van der Waals surface area (Å²) in [5.74, 6) is 0.755. The summed E-state index contributed by atoms with van der Waals surface area (Å²) in [4.78, 5) is 19.4. The number of methoxy groups -OCH3 is 1. The zero-order valence-corrected chi connectivity index (χ0v) is 19.7. The number of benzene rings is 2. The number of amides is 1. The van der Waals surface area contributed by atoms with Crippen LogP contribution in [0.15, 0.2) is 58.4 Å². The minimum atomic E-state index is -3.55. The van der Waals surface area contributed by atoms with Crippen LogP contribution in [-0.4, -0.2) is 61.7 Å². The first kappa shape index (κ1) is 23.3. The molecule has 1 saturated heterocycles. The van der Waals surface area contributed by atoms with Gasteiger partial charge in [-0.1, -0.05) is 43.0 Å². The Morgan fingerprint density at radius 2 is 1.97 bits per heavy atom. The Labute approximate surface area is 188 Å². The van der Waals surface area contributed by atoms with Gasteiger partial charge in [-0.2, -0.15) is 0 Å². The highest BCUT2D eigenvalue weighted by Gasteiger charge is 2.30. The fourth-order valence-electron chi connectivity index (χ4n) is 3.23. The van der Waals surface area contributed by atoms with Crippen LogP contribution in [0.4, 0.5) is 5.69 Å². The van der Waals surface area contributed by atoms with Gasteiger partial charge in [-0.25, -0.2) is 17.7 Å². The predicted molar refractivity (Wildman–Crippen MR) is 124 cm³/mol. The summed E-state index contributed by atoms with van der Waals surface area (Å²) in [5, 5.41) is 0.805. The molecule has 166 valence electrons. The first-order valence-corrected chi connectivity index (χ1v) is 12.2. The SMILES string of the molecule is COc1ccccc1CCC(=O)N1CC(C)SC1=Nc1cccc(S(=O)(=O)N(C)C)c1. The summed E-state index contributed by atoms with van der Waals surface area (Å²) in [6.45, 7) is 2.62. The number of aryl methyl sites for hydroxylation is 1. The van der Waals surface area contributed by atoms with Crippen LogP contribution in [0.1, 0.15) is 18.9 Å². The van der Waals surface area contributed by atoms with Crippen LogP contribution < -0.4 is 4.74 Å². The molecule has 1 aliphatic rings. The van der Waals surface area contributed by atoms with E-state index in [9.17, 15) is 13.2 Å². The van der Waals surface area contributed by atoms with E-state index in [1.54, 1.807) is 30.2 Å². The van der Waals surface area contributed by atoms with Gasteiger partial charge in [-0.3, -0.25) is 9.69 Å². The third-order valence-electron chi connectivity index (χ3n) is 4.90. The number of nitrogens with zero attached hydrogens (tertiary/aromatic N) is 3. The smallest absolute Gasteiger partial charge is 0.242 e. The lowest BCUT2D eigenvalue weighted by atomic mass is 10.1. The molecule has 1 atom stereocenters. The van der Waals surface area contributed by atoms with Gasteiger partial charge in [0.05, 0.1) is 17.7 Å². The highest BCUT2D eigenvalue weighted by atomic mass is 32.2. The predicted octanol–water partition coefficient (Wildman–Crippen LogP) is 3.53. The molecule has 31 heavy (non-hydrogen) atoms. The number of rotatable bonds is 7. The van der Waals surface area contributed by atoms with E-state index in [0.29, 0.717) is 30.2 Å². The molecule has 0 aromatic heterocycles. The van der Waals surface area contributed by atoms with E-state index in [2.05, 4.69) is 4.99 Å². The third-order valence-corrected chi connectivity index (χ3v) is 7.78. The molecule has 0 saturated carbocycles. The molecule has 3 rings (SSSR count). The molecule has 0 spiro atoms. The second-order valence-electron chi connectivity index (χ2n) is 7.42. The minimum absolute atomic E-state index is 0.0152. The third kappa shape index (κ3) is 5.47. The van der Waals surface area contributed by atoms with Crippen LogP contribution in [0.2, 0.25) is 0 Å². The van der Waals surface area contributed by atoms with Crippen LogP contribution in [0, 0.1) is 0 Å². The molecule has 1 unspecified atom stereocenters. The van der Waals surface area contributed by atoms with Crippen LogP contribution in [0.25, 0.3) is 0 Å². The van der Waals surface area contributed by atoms with E-state index in [-0.39, 0.29) is 16.1 Å². The maximum atomic E-state index is 13.0. The van der Waals surface area contributed by atoms with Crippen LogP contribution >= 0.6 is 11.8 Å². The molecular weight excluding hydrogens is 434 g/mol. The summed E-state index contributed by atoms with van der Waals surface area (Å²) < 4.78 is 31.4. The standard InChI is InChI=1S/C22H27N3O4S2/c1-16-15-25(21(26)13-12-17-8-5-6-11-20(17)29-4)22(30-16)23-18-9-7-10-19(14-18)31(27,28)24(2)3/h5-11,14,16H,12-13,15H2,1-4H3. The fourth-order valence-corrected chi connectivity index (χ4v) is 5.22. The number of hydrogen-bond acceptors (Lipinski definition) is 6. The van der Waals surface area contributed by atoms with Gasteiger partial charge in [-0.15, -0.1) is 0 Å². The number of amidine groups is 1. The van der Waals surface area contributed by atoms with Crippen LogP contribution in [0.5, 0.6) is 5.75 Å².